The number of carbonyl (C=O) groups is 1. The van der Waals surface area contributed by atoms with E-state index in [0.29, 0.717) is 5.02 Å². The van der Waals surface area contributed by atoms with Gasteiger partial charge in [0.2, 0.25) is 0 Å². The van der Waals surface area contributed by atoms with E-state index >= 15 is 0 Å². The third-order valence-electron chi connectivity index (χ3n) is 2.58. The zero-order chi connectivity index (χ0) is 16.4. The molecule has 0 aliphatic carbocycles. The molecule has 9 heteroatoms. The van der Waals surface area contributed by atoms with Gasteiger partial charge in [0, 0.05) is 17.2 Å². The van der Waals surface area contributed by atoms with E-state index in [4.69, 9.17) is 44.6 Å². The van der Waals surface area contributed by atoms with Crippen molar-refractivity contribution in [2.45, 2.75) is 0 Å². The minimum atomic E-state index is -1.45. The largest absolute Gasteiger partial charge is 0.477 e. The van der Waals surface area contributed by atoms with Gasteiger partial charge in [-0.1, -0.05) is 34.8 Å². The van der Waals surface area contributed by atoms with Gasteiger partial charge in [-0.05, 0) is 18.2 Å². The molecule has 0 amide bonds. The van der Waals surface area contributed by atoms with Crippen LogP contribution in [-0.2, 0) is 0 Å². The molecule has 22 heavy (non-hydrogen) atoms. The van der Waals surface area contributed by atoms with Crippen LogP contribution in [0.25, 0.3) is 0 Å². The second-order valence-corrected chi connectivity index (χ2v) is 5.29. The van der Waals surface area contributed by atoms with Crippen LogP contribution in [0.4, 0.5) is 5.69 Å². The summed E-state index contributed by atoms with van der Waals surface area (Å²) in [5, 5.41) is 20.3. The lowest BCUT2D eigenvalue weighted by atomic mass is 10.1. The number of carboxylic acids is 1. The van der Waals surface area contributed by atoms with Crippen molar-refractivity contribution in [2.75, 3.05) is 0 Å². The van der Waals surface area contributed by atoms with E-state index in [0.717, 1.165) is 12.1 Å². The Hall–Kier alpha value is -2.02. The quantitative estimate of drug-likeness (QED) is 0.607. The van der Waals surface area contributed by atoms with Crippen molar-refractivity contribution in [2.24, 2.45) is 0 Å². The second kappa shape index (κ2) is 6.39. The summed E-state index contributed by atoms with van der Waals surface area (Å²) in [6.45, 7) is 0. The van der Waals surface area contributed by atoms with Crippen LogP contribution in [0.3, 0.4) is 0 Å². The predicted octanol–water partition coefficient (Wildman–Crippen LogP) is 5.05. The molecule has 0 fully saturated rings. The molecular formula is C13H6Cl3NO5. The highest BCUT2D eigenvalue weighted by atomic mass is 35.5. The van der Waals surface area contributed by atoms with E-state index in [1.807, 2.05) is 0 Å². The third-order valence-corrected chi connectivity index (χ3v) is 3.36. The number of aromatic carboxylic acids is 1. The summed E-state index contributed by atoms with van der Waals surface area (Å²) in [6, 6.07) is 6.08. The molecule has 2 aromatic rings. The van der Waals surface area contributed by atoms with E-state index in [2.05, 4.69) is 0 Å². The molecule has 0 bridgehead atoms. The molecule has 0 heterocycles. The van der Waals surface area contributed by atoms with Crippen molar-refractivity contribution in [3.05, 3.63) is 61.1 Å². The zero-order valence-corrected chi connectivity index (χ0v) is 12.8. The van der Waals surface area contributed by atoms with Crippen molar-refractivity contribution < 1.29 is 19.6 Å². The van der Waals surface area contributed by atoms with Crippen LogP contribution in [0.15, 0.2) is 30.3 Å². The highest BCUT2D eigenvalue weighted by molar-refractivity contribution is 6.40. The lowest BCUT2D eigenvalue weighted by Crippen LogP contribution is -2.03. The number of ether oxygens (including phenoxy) is 1. The van der Waals surface area contributed by atoms with Gasteiger partial charge in [0.15, 0.2) is 5.75 Å². The van der Waals surface area contributed by atoms with Crippen LogP contribution in [0.5, 0.6) is 11.5 Å². The van der Waals surface area contributed by atoms with Crippen LogP contribution in [0, 0.1) is 10.1 Å². The van der Waals surface area contributed by atoms with Crippen molar-refractivity contribution in [3.63, 3.8) is 0 Å². The highest BCUT2D eigenvalue weighted by Crippen LogP contribution is 2.39. The second-order valence-electron chi connectivity index (χ2n) is 4.04. The van der Waals surface area contributed by atoms with Gasteiger partial charge in [0.05, 0.1) is 15.0 Å². The first kappa shape index (κ1) is 16.4. The number of nitrogens with zero attached hydrogens (tertiary/aromatic N) is 1. The molecule has 0 saturated heterocycles. The summed E-state index contributed by atoms with van der Waals surface area (Å²) in [6.07, 6.45) is 0. The van der Waals surface area contributed by atoms with E-state index in [1.165, 1.54) is 18.2 Å². The summed E-state index contributed by atoms with van der Waals surface area (Å²) >= 11 is 17.7. The Bertz CT molecular complexity index is 755. The predicted molar refractivity (Wildman–Crippen MR) is 81.6 cm³/mol. The van der Waals surface area contributed by atoms with Crippen molar-refractivity contribution in [1.29, 1.82) is 0 Å². The van der Waals surface area contributed by atoms with Crippen LogP contribution in [-0.4, -0.2) is 16.0 Å². The summed E-state index contributed by atoms with van der Waals surface area (Å²) < 4.78 is 5.41. The molecule has 2 rings (SSSR count). The van der Waals surface area contributed by atoms with Gasteiger partial charge < -0.3 is 9.84 Å². The molecule has 0 aliphatic rings. The van der Waals surface area contributed by atoms with Gasteiger partial charge in [-0.25, -0.2) is 4.79 Å². The van der Waals surface area contributed by atoms with E-state index in [9.17, 15) is 14.9 Å². The fourth-order valence-corrected chi connectivity index (χ4v) is 2.55. The number of benzene rings is 2. The first-order valence-electron chi connectivity index (χ1n) is 5.63. The van der Waals surface area contributed by atoms with Gasteiger partial charge in [-0.2, -0.15) is 0 Å². The van der Waals surface area contributed by atoms with Gasteiger partial charge in [-0.3, -0.25) is 10.1 Å². The summed E-state index contributed by atoms with van der Waals surface area (Å²) in [7, 11) is 0. The first-order chi connectivity index (χ1) is 10.3. The lowest BCUT2D eigenvalue weighted by molar-refractivity contribution is -0.385. The molecule has 0 spiro atoms. The number of halogens is 3. The lowest BCUT2D eigenvalue weighted by Gasteiger charge is -2.10. The summed E-state index contributed by atoms with van der Waals surface area (Å²) in [5.74, 6) is -1.35. The SMILES string of the molecule is O=C(O)c1cc(Oc2c(Cl)cc(Cl)cc2Cl)ccc1[N+](=O)[O-]. The number of carboxylic acid groups (broad SMARTS) is 1. The normalized spacial score (nSPS) is 10.3. The number of rotatable bonds is 4. The first-order valence-corrected chi connectivity index (χ1v) is 6.77. The molecule has 0 radical (unpaired) electrons. The Morgan fingerprint density at radius 3 is 2.23 bits per heavy atom. The molecule has 0 unspecified atom stereocenters. The molecule has 2 aromatic carbocycles. The number of nitro benzene ring substituents is 1. The molecule has 114 valence electrons. The Labute approximate surface area is 138 Å². The van der Waals surface area contributed by atoms with Crippen LogP contribution in [0.1, 0.15) is 10.4 Å². The summed E-state index contributed by atoms with van der Waals surface area (Å²) in [5.41, 5.74) is -1.06. The molecule has 0 atom stereocenters. The average Bonchev–Trinajstić information content (AvgIpc) is 2.42. The maximum atomic E-state index is 11.1. The maximum Gasteiger partial charge on any atom is 0.342 e. The number of hydrogen-bond acceptors (Lipinski definition) is 4. The monoisotopic (exact) mass is 361 g/mol. The zero-order valence-electron chi connectivity index (χ0n) is 10.5. The van der Waals surface area contributed by atoms with Crippen LogP contribution >= 0.6 is 34.8 Å². The smallest absolute Gasteiger partial charge is 0.342 e. The molecule has 1 N–H and O–H groups in total. The highest BCUT2D eigenvalue weighted by Gasteiger charge is 2.21. The van der Waals surface area contributed by atoms with Crippen molar-refractivity contribution in [1.82, 2.24) is 0 Å². The molecule has 0 saturated carbocycles. The topological polar surface area (TPSA) is 89.7 Å². The van der Waals surface area contributed by atoms with Gasteiger partial charge in [0.1, 0.15) is 11.3 Å². The van der Waals surface area contributed by atoms with E-state index in [1.54, 1.807) is 0 Å². The van der Waals surface area contributed by atoms with Gasteiger partial charge in [0.25, 0.3) is 5.69 Å². The van der Waals surface area contributed by atoms with E-state index in [-0.39, 0.29) is 21.5 Å². The third kappa shape index (κ3) is 3.41. The number of hydrogen-bond donors (Lipinski definition) is 1. The van der Waals surface area contributed by atoms with Crippen molar-refractivity contribution in [3.8, 4) is 11.5 Å². The fourth-order valence-electron chi connectivity index (χ4n) is 1.65. The minimum Gasteiger partial charge on any atom is -0.477 e. The Morgan fingerprint density at radius 1 is 1.14 bits per heavy atom. The van der Waals surface area contributed by atoms with Crippen LogP contribution in [0.2, 0.25) is 15.1 Å². The summed E-state index contributed by atoms with van der Waals surface area (Å²) in [4.78, 5) is 21.1. The van der Waals surface area contributed by atoms with E-state index < -0.39 is 22.1 Å². The van der Waals surface area contributed by atoms with Gasteiger partial charge in [-0.15, -0.1) is 0 Å². The molecule has 6 nitrogen and oxygen atoms in total. The molecule has 0 aliphatic heterocycles. The standard InChI is InChI=1S/C13H6Cl3NO5/c14-6-3-9(15)12(10(16)4-6)22-7-1-2-11(17(20)21)8(5-7)13(18)19/h1-5H,(H,18,19). The maximum absolute atomic E-state index is 11.1. The van der Waals surface area contributed by atoms with Crippen LogP contribution < -0.4 is 4.74 Å². The Kier molecular flexibility index (Phi) is 4.75. The molecule has 0 aromatic heterocycles. The number of nitro groups is 1. The fraction of sp³-hybridized carbons (Fsp3) is 0. The van der Waals surface area contributed by atoms with Gasteiger partial charge >= 0.3 is 5.97 Å². The van der Waals surface area contributed by atoms with Crippen molar-refractivity contribution >= 4 is 46.5 Å². The average molecular weight is 363 g/mol. The Balaban J connectivity index is 2.45. The Morgan fingerprint density at radius 2 is 1.73 bits per heavy atom. The minimum absolute atomic E-state index is 0.0362. The molecular weight excluding hydrogens is 357 g/mol.